The van der Waals surface area contributed by atoms with Gasteiger partial charge in [-0.05, 0) is 37.6 Å². The molecule has 0 atom stereocenters. The molecule has 2 rings (SSSR count). The highest BCUT2D eigenvalue weighted by atomic mass is 16.5. The number of hydrogen-bond donors (Lipinski definition) is 3. The Morgan fingerprint density at radius 2 is 1.87 bits per heavy atom. The van der Waals surface area contributed by atoms with Crippen LogP contribution >= 0.6 is 0 Å². The monoisotopic (exact) mass is 313 g/mol. The molecular weight excluding hydrogens is 294 g/mol. The molecule has 0 unspecified atom stereocenters. The zero-order valence-corrected chi connectivity index (χ0v) is 13.1. The number of carbonyl (C=O) groups excluding carboxylic acids is 2. The van der Waals surface area contributed by atoms with Gasteiger partial charge in [0.1, 0.15) is 5.75 Å². The van der Waals surface area contributed by atoms with Crippen molar-refractivity contribution in [1.82, 2.24) is 10.6 Å². The Bertz CT molecular complexity index is 729. The average Bonchev–Trinajstić information content (AvgIpc) is 2.49. The van der Waals surface area contributed by atoms with E-state index in [4.69, 9.17) is 10.5 Å². The molecule has 3 amide bonds. The van der Waals surface area contributed by atoms with E-state index in [0.717, 1.165) is 11.1 Å². The van der Waals surface area contributed by atoms with Crippen molar-refractivity contribution >= 4 is 17.6 Å². The number of hydrogen-bond acceptors (Lipinski definition) is 4. The minimum atomic E-state index is -0.650. The zero-order valence-electron chi connectivity index (χ0n) is 13.1. The predicted molar refractivity (Wildman–Crippen MR) is 88.3 cm³/mol. The van der Waals surface area contributed by atoms with Crippen LogP contribution in [0.25, 0.3) is 0 Å². The van der Waals surface area contributed by atoms with E-state index < -0.39 is 11.9 Å². The van der Waals surface area contributed by atoms with Crippen molar-refractivity contribution in [2.24, 2.45) is 0 Å². The van der Waals surface area contributed by atoms with Gasteiger partial charge in [-0.3, -0.25) is 10.1 Å². The molecule has 23 heavy (non-hydrogen) atoms. The second-order valence-electron chi connectivity index (χ2n) is 5.10. The number of ether oxygens (including phenoxy) is 1. The molecule has 0 heterocycles. The van der Waals surface area contributed by atoms with Gasteiger partial charge in [-0.1, -0.05) is 29.8 Å². The molecule has 0 saturated heterocycles. The Labute approximate surface area is 134 Å². The summed E-state index contributed by atoms with van der Waals surface area (Å²) in [6, 6.07) is 11.6. The summed E-state index contributed by atoms with van der Waals surface area (Å²) < 4.78 is 5.47. The van der Waals surface area contributed by atoms with Crippen LogP contribution in [0.5, 0.6) is 5.75 Å². The Morgan fingerprint density at radius 1 is 1.13 bits per heavy atom. The number of benzene rings is 2. The number of anilines is 1. The SMILES string of the molecule is Cc1ccc(OCNC(=O)NC(=O)c2ccccc2N)c(C)c1. The number of nitrogens with two attached hydrogens (primary N) is 1. The van der Waals surface area contributed by atoms with Crippen LogP contribution in [0.2, 0.25) is 0 Å². The van der Waals surface area contributed by atoms with Gasteiger partial charge in [-0.15, -0.1) is 0 Å². The molecule has 0 spiro atoms. The highest BCUT2D eigenvalue weighted by Gasteiger charge is 2.12. The van der Waals surface area contributed by atoms with Crippen LogP contribution in [0, 0.1) is 13.8 Å². The van der Waals surface area contributed by atoms with Crippen molar-refractivity contribution in [1.29, 1.82) is 0 Å². The van der Waals surface area contributed by atoms with E-state index in [-0.39, 0.29) is 12.3 Å². The van der Waals surface area contributed by atoms with Crippen molar-refractivity contribution in [3.63, 3.8) is 0 Å². The molecule has 0 radical (unpaired) electrons. The molecule has 6 nitrogen and oxygen atoms in total. The first-order chi connectivity index (χ1) is 11.0. The van der Waals surface area contributed by atoms with E-state index in [2.05, 4.69) is 10.6 Å². The van der Waals surface area contributed by atoms with Gasteiger partial charge < -0.3 is 15.8 Å². The molecular formula is C17H19N3O3. The number of nitrogens with one attached hydrogen (secondary N) is 2. The number of nitrogen functional groups attached to an aromatic ring is 1. The van der Waals surface area contributed by atoms with E-state index in [1.54, 1.807) is 24.3 Å². The molecule has 6 heteroatoms. The normalized spacial score (nSPS) is 10.0. The number of carbonyl (C=O) groups is 2. The van der Waals surface area contributed by atoms with Gasteiger partial charge in [-0.25, -0.2) is 4.79 Å². The van der Waals surface area contributed by atoms with E-state index >= 15 is 0 Å². The van der Waals surface area contributed by atoms with Gasteiger partial charge in [0, 0.05) is 5.69 Å². The van der Waals surface area contributed by atoms with Crippen LogP contribution < -0.4 is 21.1 Å². The van der Waals surface area contributed by atoms with Crippen molar-refractivity contribution < 1.29 is 14.3 Å². The minimum absolute atomic E-state index is 0.0483. The molecule has 0 aliphatic carbocycles. The lowest BCUT2D eigenvalue weighted by atomic mass is 10.1. The molecule has 0 aliphatic heterocycles. The van der Waals surface area contributed by atoms with Crippen molar-refractivity contribution in [2.45, 2.75) is 13.8 Å². The maximum absolute atomic E-state index is 11.9. The first kappa shape index (κ1) is 16.4. The van der Waals surface area contributed by atoms with Gasteiger partial charge in [0.15, 0.2) is 6.73 Å². The maximum Gasteiger partial charge on any atom is 0.324 e. The topological polar surface area (TPSA) is 93.5 Å². The van der Waals surface area contributed by atoms with Crippen molar-refractivity contribution in [2.75, 3.05) is 12.5 Å². The summed E-state index contributed by atoms with van der Waals surface area (Å²) in [5.41, 5.74) is 8.35. The summed E-state index contributed by atoms with van der Waals surface area (Å²) in [6.07, 6.45) is 0. The predicted octanol–water partition coefficient (Wildman–Crippen LogP) is 2.36. The summed E-state index contributed by atoms with van der Waals surface area (Å²) in [5, 5.41) is 4.66. The molecule has 2 aromatic rings. The highest BCUT2D eigenvalue weighted by Crippen LogP contribution is 2.18. The van der Waals surface area contributed by atoms with Crippen LogP contribution in [0.15, 0.2) is 42.5 Å². The molecule has 0 bridgehead atoms. The van der Waals surface area contributed by atoms with Gasteiger partial charge in [0.05, 0.1) is 5.56 Å². The second-order valence-corrected chi connectivity index (χ2v) is 5.10. The quantitative estimate of drug-likeness (QED) is 0.596. The lowest BCUT2D eigenvalue weighted by Gasteiger charge is -2.11. The van der Waals surface area contributed by atoms with E-state index in [0.29, 0.717) is 11.4 Å². The summed E-state index contributed by atoms with van der Waals surface area (Å²) in [6.45, 7) is 3.86. The van der Waals surface area contributed by atoms with Crippen LogP contribution in [0.1, 0.15) is 21.5 Å². The second kappa shape index (κ2) is 7.31. The lowest BCUT2D eigenvalue weighted by molar-refractivity contribution is 0.0963. The standard InChI is InChI=1S/C17H19N3O3/c1-11-7-8-15(12(2)9-11)23-10-19-17(22)20-16(21)13-5-3-4-6-14(13)18/h3-9H,10,18H2,1-2H3,(H2,19,20,21,22). The van der Waals surface area contributed by atoms with Crippen LogP contribution in [-0.4, -0.2) is 18.7 Å². The van der Waals surface area contributed by atoms with Gasteiger partial charge in [0.2, 0.25) is 0 Å². The Morgan fingerprint density at radius 3 is 2.57 bits per heavy atom. The summed E-state index contributed by atoms with van der Waals surface area (Å²) in [4.78, 5) is 23.6. The fraction of sp³-hybridized carbons (Fsp3) is 0.176. The Balaban J connectivity index is 1.83. The van der Waals surface area contributed by atoms with Crippen LogP contribution in [-0.2, 0) is 0 Å². The van der Waals surface area contributed by atoms with E-state index in [9.17, 15) is 9.59 Å². The number of imide groups is 1. The maximum atomic E-state index is 11.9. The first-order valence-corrected chi connectivity index (χ1v) is 7.11. The smallest absolute Gasteiger partial charge is 0.324 e. The molecule has 0 aliphatic rings. The average molecular weight is 313 g/mol. The zero-order chi connectivity index (χ0) is 16.8. The van der Waals surface area contributed by atoms with Gasteiger partial charge >= 0.3 is 6.03 Å². The summed E-state index contributed by atoms with van der Waals surface area (Å²) >= 11 is 0. The number of aryl methyl sites for hydroxylation is 2. The highest BCUT2D eigenvalue weighted by molar-refractivity contribution is 6.07. The third-order valence-corrected chi connectivity index (χ3v) is 3.22. The molecule has 2 aromatic carbocycles. The van der Waals surface area contributed by atoms with Crippen LogP contribution in [0.4, 0.5) is 10.5 Å². The van der Waals surface area contributed by atoms with E-state index in [1.807, 2.05) is 32.0 Å². The first-order valence-electron chi connectivity index (χ1n) is 7.11. The number of urea groups is 1. The molecule has 4 N–H and O–H groups in total. The molecule has 0 fully saturated rings. The molecule has 0 aromatic heterocycles. The van der Waals surface area contributed by atoms with Crippen molar-refractivity contribution in [3.05, 3.63) is 59.2 Å². The molecule has 0 saturated carbocycles. The fourth-order valence-corrected chi connectivity index (χ4v) is 2.06. The minimum Gasteiger partial charge on any atom is -0.473 e. The number of amides is 3. The fourth-order valence-electron chi connectivity index (χ4n) is 2.06. The number of para-hydroxylation sites is 1. The molecule has 120 valence electrons. The third-order valence-electron chi connectivity index (χ3n) is 3.22. The van der Waals surface area contributed by atoms with E-state index in [1.165, 1.54) is 0 Å². The summed E-state index contributed by atoms with van der Waals surface area (Å²) in [5.74, 6) is 0.113. The Kier molecular flexibility index (Phi) is 5.19. The largest absolute Gasteiger partial charge is 0.473 e. The van der Waals surface area contributed by atoms with Gasteiger partial charge in [-0.2, -0.15) is 0 Å². The van der Waals surface area contributed by atoms with Crippen molar-refractivity contribution in [3.8, 4) is 5.75 Å². The third kappa shape index (κ3) is 4.47. The summed E-state index contributed by atoms with van der Waals surface area (Å²) in [7, 11) is 0. The Hall–Kier alpha value is -3.02. The van der Waals surface area contributed by atoms with Crippen LogP contribution in [0.3, 0.4) is 0 Å². The van der Waals surface area contributed by atoms with Gasteiger partial charge in [0.25, 0.3) is 5.91 Å². The lowest BCUT2D eigenvalue weighted by Crippen LogP contribution is -2.41. The number of rotatable bonds is 4.